The van der Waals surface area contributed by atoms with Crippen LogP contribution in [0.5, 0.6) is 0 Å². The Hall–Kier alpha value is -2.36. The first-order chi connectivity index (χ1) is 9.97. The summed E-state index contributed by atoms with van der Waals surface area (Å²) < 4.78 is 0. The van der Waals surface area contributed by atoms with Crippen LogP contribution in [0.15, 0.2) is 42.6 Å². The second-order valence-electron chi connectivity index (χ2n) is 5.49. The normalized spacial score (nSPS) is 12.2. The highest BCUT2D eigenvalue weighted by molar-refractivity contribution is 5.92. The van der Waals surface area contributed by atoms with E-state index in [2.05, 4.69) is 48.4 Å². The third-order valence-corrected chi connectivity index (χ3v) is 3.47. The number of nitrogens with one attached hydrogen (secondary N) is 1. The van der Waals surface area contributed by atoms with Crippen molar-refractivity contribution in [2.24, 2.45) is 0 Å². The molecule has 0 radical (unpaired) electrons. The largest absolute Gasteiger partial charge is 0.397 e. The van der Waals surface area contributed by atoms with Crippen molar-refractivity contribution in [3.8, 4) is 0 Å². The molecule has 110 valence electrons. The van der Waals surface area contributed by atoms with E-state index in [1.165, 1.54) is 11.8 Å². The zero-order chi connectivity index (χ0) is 15.4. The highest BCUT2D eigenvalue weighted by Crippen LogP contribution is 2.18. The van der Waals surface area contributed by atoms with Gasteiger partial charge < -0.3 is 11.1 Å². The van der Waals surface area contributed by atoms with Crippen molar-refractivity contribution in [3.05, 3.63) is 59.4 Å². The first kappa shape index (κ1) is 15.0. The van der Waals surface area contributed by atoms with Crippen LogP contribution in [0.25, 0.3) is 0 Å². The SMILES string of the molecule is CC(C)c1ccc(C(C)NC(=O)c2ccc(N)cn2)cc1. The minimum Gasteiger partial charge on any atom is -0.397 e. The molecule has 1 amide bonds. The summed E-state index contributed by atoms with van der Waals surface area (Å²) in [4.78, 5) is 16.1. The number of aromatic nitrogens is 1. The molecule has 0 bridgehead atoms. The summed E-state index contributed by atoms with van der Waals surface area (Å²) in [5.74, 6) is 0.304. The Morgan fingerprint density at radius 3 is 2.19 bits per heavy atom. The first-order valence-electron chi connectivity index (χ1n) is 7.09. The van der Waals surface area contributed by atoms with E-state index in [1.807, 2.05) is 6.92 Å². The fraction of sp³-hybridized carbons (Fsp3) is 0.294. The average Bonchev–Trinajstić information content (AvgIpc) is 2.47. The summed E-state index contributed by atoms with van der Waals surface area (Å²) >= 11 is 0. The van der Waals surface area contributed by atoms with E-state index in [9.17, 15) is 4.79 Å². The molecule has 1 aromatic heterocycles. The maximum atomic E-state index is 12.1. The minimum atomic E-state index is -0.199. The number of anilines is 1. The molecule has 0 aliphatic rings. The maximum Gasteiger partial charge on any atom is 0.270 e. The standard InChI is InChI=1S/C17H21N3O/c1-11(2)13-4-6-14(7-5-13)12(3)20-17(21)16-9-8-15(18)10-19-16/h4-12H,18H2,1-3H3,(H,20,21). The molecule has 0 saturated carbocycles. The molecular formula is C17H21N3O. The van der Waals surface area contributed by atoms with Gasteiger partial charge in [0.2, 0.25) is 0 Å². The van der Waals surface area contributed by atoms with Crippen LogP contribution >= 0.6 is 0 Å². The summed E-state index contributed by atoms with van der Waals surface area (Å²) in [5.41, 5.74) is 8.84. The van der Waals surface area contributed by atoms with Gasteiger partial charge in [-0.2, -0.15) is 0 Å². The molecule has 1 unspecified atom stereocenters. The Morgan fingerprint density at radius 2 is 1.67 bits per heavy atom. The summed E-state index contributed by atoms with van der Waals surface area (Å²) in [6.45, 7) is 6.28. The monoisotopic (exact) mass is 283 g/mol. The molecular weight excluding hydrogens is 262 g/mol. The zero-order valence-electron chi connectivity index (χ0n) is 12.6. The molecule has 0 saturated heterocycles. The summed E-state index contributed by atoms with van der Waals surface area (Å²) in [6, 6.07) is 11.5. The quantitative estimate of drug-likeness (QED) is 0.904. The number of benzene rings is 1. The Morgan fingerprint density at radius 1 is 1.05 bits per heavy atom. The minimum absolute atomic E-state index is 0.0712. The smallest absolute Gasteiger partial charge is 0.270 e. The van der Waals surface area contributed by atoms with Crippen molar-refractivity contribution >= 4 is 11.6 Å². The molecule has 21 heavy (non-hydrogen) atoms. The Kier molecular flexibility index (Phi) is 4.58. The average molecular weight is 283 g/mol. The zero-order valence-corrected chi connectivity index (χ0v) is 12.6. The molecule has 2 aromatic rings. The van der Waals surface area contributed by atoms with E-state index in [-0.39, 0.29) is 11.9 Å². The number of carbonyl (C=O) groups excluding carboxylic acids is 1. The summed E-state index contributed by atoms with van der Waals surface area (Å²) in [7, 11) is 0. The van der Waals surface area contributed by atoms with Gasteiger partial charge in [-0.3, -0.25) is 4.79 Å². The van der Waals surface area contributed by atoms with Gasteiger partial charge in [0.15, 0.2) is 0 Å². The topological polar surface area (TPSA) is 68.0 Å². The predicted molar refractivity (Wildman–Crippen MR) is 85.1 cm³/mol. The highest BCUT2D eigenvalue weighted by Gasteiger charge is 2.12. The number of amides is 1. The van der Waals surface area contributed by atoms with Crippen LogP contribution in [0.2, 0.25) is 0 Å². The van der Waals surface area contributed by atoms with E-state index in [0.717, 1.165) is 5.56 Å². The van der Waals surface area contributed by atoms with Gasteiger partial charge in [-0.05, 0) is 36.1 Å². The number of nitrogens with zero attached hydrogens (tertiary/aromatic N) is 1. The second-order valence-corrected chi connectivity index (χ2v) is 5.49. The highest BCUT2D eigenvalue weighted by atomic mass is 16.1. The summed E-state index contributed by atoms with van der Waals surface area (Å²) in [6.07, 6.45) is 1.48. The number of hydrogen-bond acceptors (Lipinski definition) is 3. The van der Waals surface area contributed by atoms with E-state index in [0.29, 0.717) is 17.3 Å². The lowest BCUT2D eigenvalue weighted by molar-refractivity contribution is 0.0935. The molecule has 0 aliphatic carbocycles. The second kappa shape index (κ2) is 6.39. The first-order valence-corrected chi connectivity index (χ1v) is 7.09. The van der Waals surface area contributed by atoms with Crippen LogP contribution in [0, 0.1) is 0 Å². The van der Waals surface area contributed by atoms with Crippen molar-refractivity contribution in [1.82, 2.24) is 10.3 Å². The molecule has 1 atom stereocenters. The van der Waals surface area contributed by atoms with Gasteiger partial charge in [0.25, 0.3) is 5.91 Å². The summed E-state index contributed by atoms with van der Waals surface area (Å²) in [5, 5.41) is 2.94. The van der Waals surface area contributed by atoms with Gasteiger partial charge in [-0.1, -0.05) is 38.1 Å². The molecule has 4 heteroatoms. The lowest BCUT2D eigenvalue weighted by Crippen LogP contribution is -2.27. The van der Waals surface area contributed by atoms with Gasteiger partial charge >= 0.3 is 0 Å². The predicted octanol–water partition coefficient (Wildman–Crippen LogP) is 3.28. The molecule has 0 aliphatic heterocycles. The van der Waals surface area contributed by atoms with Gasteiger partial charge in [0.05, 0.1) is 17.9 Å². The number of hydrogen-bond donors (Lipinski definition) is 2. The molecule has 1 aromatic carbocycles. The molecule has 4 nitrogen and oxygen atoms in total. The molecule has 0 spiro atoms. The maximum absolute atomic E-state index is 12.1. The third kappa shape index (κ3) is 3.81. The fourth-order valence-electron chi connectivity index (χ4n) is 2.06. The van der Waals surface area contributed by atoms with E-state index in [4.69, 9.17) is 5.73 Å². The van der Waals surface area contributed by atoms with Crippen molar-refractivity contribution < 1.29 is 4.79 Å². The Labute approximate surface area is 125 Å². The molecule has 3 N–H and O–H groups in total. The number of nitrogens with two attached hydrogens (primary N) is 1. The van der Waals surface area contributed by atoms with Crippen LogP contribution in [0.4, 0.5) is 5.69 Å². The molecule has 0 fully saturated rings. The lowest BCUT2D eigenvalue weighted by atomic mass is 9.99. The van der Waals surface area contributed by atoms with Crippen LogP contribution in [0.3, 0.4) is 0 Å². The van der Waals surface area contributed by atoms with Crippen LogP contribution in [0.1, 0.15) is 54.3 Å². The van der Waals surface area contributed by atoms with Crippen molar-refractivity contribution in [2.45, 2.75) is 32.7 Å². The molecule has 2 rings (SSSR count). The fourth-order valence-corrected chi connectivity index (χ4v) is 2.06. The number of rotatable bonds is 4. The van der Waals surface area contributed by atoms with Crippen LogP contribution < -0.4 is 11.1 Å². The van der Waals surface area contributed by atoms with E-state index >= 15 is 0 Å². The Balaban J connectivity index is 2.05. The van der Waals surface area contributed by atoms with Crippen molar-refractivity contribution in [3.63, 3.8) is 0 Å². The Bertz CT molecular complexity index is 603. The van der Waals surface area contributed by atoms with E-state index < -0.39 is 0 Å². The number of carbonyl (C=O) groups is 1. The van der Waals surface area contributed by atoms with Gasteiger partial charge in [0, 0.05) is 0 Å². The van der Waals surface area contributed by atoms with Crippen molar-refractivity contribution in [2.75, 3.05) is 5.73 Å². The molecule has 1 heterocycles. The number of pyridine rings is 1. The van der Waals surface area contributed by atoms with Gasteiger partial charge in [-0.15, -0.1) is 0 Å². The van der Waals surface area contributed by atoms with Crippen LogP contribution in [-0.4, -0.2) is 10.9 Å². The number of nitrogen functional groups attached to an aromatic ring is 1. The van der Waals surface area contributed by atoms with Crippen LogP contribution in [-0.2, 0) is 0 Å². The van der Waals surface area contributed by atoms with E-state index in [1.54, 1.807) is 12.1 Å². The lowest BCUT2D eigenvalue weighted by Gasteiger charge is -2.15. The third-order valence-electron chi connectivity index (χ3n) is 3.47. The van der Waals surface area contributed by atoms with Gasteiger partial charge in [0.1, 0.15) is 5.69 Å². The van der Waals surface area contributed by atoms with Crippen molar-refractivity contribution in [1.29, 1.82) is 0 Å². The van der Waals surface area contributed by atoms with Gasteiger partial charge in [-0.25, -0.2) is 4.98 Å².